The molecule has 0 bridgehead atoms. The number of amides is 1. The Bertz CT molecular complexity index is 810. The van der Waals surface area contributed by atoms with Crippen molar-refractivity contribution in [3.05, 3.63) is 59.8 Å². The van der Waals surface area contributed by atoms with E-state index in [1.54, 1.807) is 12.1 Å². The summed E-state index contributed by atoms with van der Waals surface area (Å²) in [5.74, 6) is -0.136. The fourth-order valence-electron chi connectivity index (χ4n) is 2.29. The zero-order valence-electron chi connectivity index (χ0n) is 11.2. The van der Waals surface area contributed by atoms with Crippen molar-refractivity contribution in [3.8, 4) is 0 Å². The lowest BCUT2D eigenvalue weighted by atomic mass is 10.2. The number of aromatic nitrogens is 1. The molecule has 0 saturated heterocycles. The number of para-hydroxylation sites is 1. The molecule has 0 spiro atoms. The predicted octanol–water partition coefficient (Wildman–Crippen LogP) is 3.52. The van der Waals surface area contributed by atoms with Crippen LogP contribution in [0.4, 0.5) is 11.4 Å². The van der Waals surface area contributed by atoms with Crippen molar-refractivity contribution in [3.63, 3.8) is 0 Å². The third kappa shape index (κ3) is 2.71. The number of carbonyl (C=O) groups excluding carboxylic acids is 1. The van der Waals surface area contributed by atoms with Crippen molar-refractivity contribution in [2.75, 3.05) is 11.1 Å². The smallest absolute Gasteiger partial charge is 0.244 e. The lowest BCUT2D eigenvalue weighted by Gasteiger charge is -2.09. The van der Waals surface area contributed by atoms with E-state index in [4.69, 9.17) is 17.3 Å². The van der Waals surface area contributed by atoms with Crippen molar-refractivity contribution < 1.29 is 4.79 Å². The molecule has 1 aromatic heterocycles. The van der Waals surface area contributed by atoms with Gasteiger partial charge in [0.25, 0.3) is 0 Å². The van der Waals surface area contributed by atoms with Crippen LogP contribution in [0.15, 0.2) is 54.7 Å². The minimum absolute atomic E-state index is 0.136. The number of carbonyl (C=O) groups is 1. The monoisotopic (exact) mass is 299 g/mol. The first-order valence-corrected chi connectivity index (χ1v) is 6.90. The van der Waals surface area contributed by atoms with Crippen LogP contribution in [-0.4, -0.2) is 10.5 Å². The predicted molar refractivity (Wildman–Crippen MR) is 86.4 cm³/mol. The van der Waals surface area contributed by atoms with E-state index >= 15 is 0 Å². The number of hydrogen-bond donors (Lipinski definition) is 2. The van der Waals surface area contributed by atoms with Gasteiger partial charge in [0, 0.05) is 17.3 Å². The second-order valence-electron chi connectivity index (χ2n) is 4.75. The Labute approximate surface area is 127 Å². The second kappa shape index (κ2) is 5.50. The number of halogens is 1. The van der Waals surface area contributed by atoms with Crippen LogP contribution in [0.5, 0.6) is 0 Å². The van der Waals surface area contributed by atoms with Gasteiger partial charge in [0.05, 0.1) is 16.2 Å². The Hall–Kier alpha value is -2.46. The molecule has 3 N–H and O–H groups in total. The summed E-state index contributed by atoms with van der Waals surface area (Å²) >= 11 is 6.03. The van der Waals surface area contributed by atoms with Gasteiger partial charge >= 0.3 is 0 Å². The molecular weight excluding hydrogens is 286 g/mol. The number of benzene rings is 2. The molecule has 5 heteroatoms. The summed E-state index contributed by atoms with van der Waals surface area (Å²) in [6, 6.07) is 14.7. The number of anilines is 2. The highest BCUT2D eigenvalue weighted by atomic mass is 35.5. The second-order valence-corrected chi connectivity index (χ2v) is 5.16. The Balaban J connectivity index is 1.81. The number of fused-ring (bicyclic) bond motifs is 1. The van der Waals surface area contributed by atoms with Gasteiger partial charge in [-0.05, 0) is 30.3 Å². The molecule has 21 heavy (non-hydrogen) atoms. The molecule has 106 valence electrons. The topological polar surface area (TPSA) is 60.0 Å². The van der Waals surface area contributed by atoms with E-state index in [1.807, 2.05) is 47.2 Å². The lowest BCUT2D eigenvalue weighted by Crippen LogP contribution is -2.18. The number of nitrogens with one attached hydrogen (secondary N) is 1. The van der Waals surface area contributed by atoms with Crippen LogP contribution in [0.2, 0.25) is 5.02 Å². The quantitative estimate of drug-likeness (QED) is 0.727. The maximum absolute atomic E-state index is 12.1. The first kappa shape index (κ1) is 13.5. The molecule has 3 aromatic rings. The molecule has 0 aliphatic carbocycles. The molecule has 3 rings (SSSR count). The first-order chi connectivity index (χ1) is 10.1. The maximum Gasteiger partial charge on any atom is 0.244 e. The van der Waals surface area contributed by atoms with Gasteiger partial charge in [-0.3, -0.25) is 4.79 Å². The molecule has 0 aliphatic rings. The normalized spacial score (nSPS) is 10.7. The summed E-state index contributed by atoms with van der Waals surface area (Å²) in [4.78, 5) is 12.1. The van der Waals surface area contributed by atoms with Crippen molar-refractivity contribution in [1.29, 1.82) is 0 Å². The third-order valence-electron chi connectivity index (χ3n) is 3.31. The minimum atomic E-state index is -0.136. The maximum atomic E-state index is 12.1. The van der Waals surface area contributed by atoms with E-state index in [1.165, 1.54) is 0 Å². The van der Waals surface area contributed by atoms with Crippen LogP contribution >= 0.6 is 11.6 Å². The van der Waals surface area contributed by atoms with Crippen LogP contribution in [0.3, 0.4) is 0 Å². The SMILES string of the molecule is Nc1cccc2c1ccn2CC(=O)Nc1ccccc1Cl. The van der Waals surface area contributed by atoms with Gasteiger partial charge < -0.3 is 15.6 Å². The van der Waals surface area contributed by atoms with Crippen LogP contribution in [0.25, 0.3) is 10.9 Å². The number of hydrogen-bond acceptors (Lipinski definition) is 2. The molecule has 2 aromatic carbocycles. The third-order valence-corrected chi connectivity index (χ3v) is 3.64. The van der Waals surface area contributed by atoms with Gasteiger partial charge in [0.1, 0.15) is 6.54 Å². The summed E-state index contributed by atoms with van der Waals surface area (Å²) in [5, 5.41) is 4.27. The number of nitrogens with zero attached hydrogens (tertiary/aromatic N) is 1. The number of rotatable bonds is 3. The van der Waals surface area contributed by atoms with Gasteiger partial charge in [-0.15, -0.1) is 0 Å². The zero-order chi connectivity index (χ0) is 14.8. The summed E-state index contributed by atoms with van der Waals surface area (Å²) < 4.78 is 1.86. The molecule has 0 aliphatic heterocycles. The number of nitrogen functional groups attached to an aromatic ring is 1. The van der Waals surface area contributed by atoms with Crippen molar-refractivity contribution >= 4 is 39.8 Å². The molecular formula is C16H14ClN3O. The molecule has 0 saturated carbocycles. The molecule has 0 unspecified atom stereocenters. The highest BCUT2D eigenvalue weighted by molar-refractivity contribution is 6.33. The van der Waals surface area contributed by atoms with E-state index in [-0.39, 0.29) is 12.5 Å². The summed E-state index contributed by atoms with van der Waals surface area (Å²) in [6.07, 6.45) is 1.85. The van der Waals surface area contributed by atoms with Crippen LogP contribution in [-0.2, 0) is 11.3 Å². The van der Waals surface area contributed by atoms with Crippen LogP contribution < -0.4 is 11.1 Å². The van der Waals surface area contributed by atoms with Gasteiger partial charge in [0.15, 0.2) is 0 Å². The molecule has 0 radical (unpaired) electrons. The Morgan fingerprint density at radius 2 is 1.95 bits per heavy atom. The standard InChI is InChI=1S/C16H14ClN3O/c17-12-4-1-2-6-14(12)19-16(21)10-20-9-8-11-13(18)5-3-7-15(11)20/h1-9H,10,18H2,(H,19,21). The van der Waals surface area contributed by atoms with E-state index in [0.717, 1.165) is 10.9 Å². The van der Waals surface area contributed by atoms with E-state index in [9.17, 15) is 4.79 Å². The minimum Gasteiger partial charge on any atom is -0.398 e. The van der Waals surface area contributed by atoms with Gasteiger partial charge in [-0.1, -0.05) is 29.8 Å². The van der Waals surface area contributed by atoms with Gasteiger partial charge in [-0.2, -0.15) is 0 Å². The fourth-order valence-corrected chi connectivity index (χ4v) is 2.48. The van der Waals surface area contributed by atoms with Crippen LogP contribution in [0.1, 0.15) is 0 Å². The number of nitrogens with two attached hydrogens (primary N) is 1. The van der Waals surface area contributed by atoms with Crippen molar-refractivity contribution in [2.24, 2.45) is 0 Å². The molecule has 0 fully saturated rings. The van der Waals surface area contributed by atoms with Gasteiger partial charge in [0.2, 0.25) is 5.91 Å². The van der Waals surface area contributed by atoms with Gasteiger partial charge in [-0.25, -0.2) is 0 Å². The van der Waals surface area contributed by atoms with E-state index in [2.05, 4.69) is 5.32 Å². The fraction of sp³-hybridized carbons (Fsp3) is 0.0625. The zero-order valence-corrected chi connectivity index (χ0v) is 12.0. The van der Waals surface area contributed by atoms with E-state index in [0.29, 0.717) is 16.4 Å². The molecule has 1 amide bonds. The largest absolute Gasteiger partial charge is 0.398 e. The molecule has 1 heterocycles. The highest BCUT2D eigenvalue weighted by Gasteiger charge is 2.09. The molecule has 0 atom stereocenters. The lowest BCUT2D eigenvalue weighted by molar-refractivity contribution is -0.116. The Morgan fingerprint density at radius 1 is 1.14 bits per heavy atom. The Kier molecular flexibility index (Phi) is 3.54. The van der Waals surface area contributed by atoms with E-state index < -0.39 is 0 Å². The Morgan fingerprint density at radius 3 is 2.76 bits per heavy atom. The highest BCUT2D eigenvalue weighted by Crippen LogP contribution is 2.23. The first-order valence-electron chi connectivity index (χ1n) is 6.53. The van der Waals surface area contributed by atoms with Crippen molar-refractivity contribution in [2.45, 2.75) is 6.54 Å². The average Bonchev–Trinajstić information content (AvgIpc) is 2.86. The summed E-state index contributed by atoms with van der Waals surface area (Å²) in [5.41, 5.74) is 8.16. The average molecular weight is 300 g/mol. The van der Waals surface area contributed by atoms with Crippen LogP contribution in [0, 0.1) is 0 Å². The molecule has 4 nitrogen and oxygen atoms in total. The summed E-state index contributed by atoms with van der Waals surface area (Å²) in [6.45, 7) is 0.207. The summed E-state index contributed by atoms with van der Waals surface area (Å²) in [7, 11) is 0. The van der Waals surface area contributed by atoms with Crippen molar-refractivity contribution in [1.82, 2.24) is 4.57 Å².